The van der Waals surface area contributed by atoms with E-state index >= 15 is 0 Å². The predicted molar refractivity (Wildman–Crippen MR) is 143 cm³/mol. The second-order valence-corrected chi connectivity index (χ2v) is 9.24. The van der Waals surface area contributed by atoms with Crippen LogP contribution in [0.4, 0.5) is 15.8 Å². The number of anilines is 3. The maximum atomic E-state index is 12.9. The van der Waals surface area contributed by atoms with Crippen molar-refractivity contribution in [1.82, 2.24) is 4.98 Å². The van der Waals surface area contributed by atoms with Crippen LogP contribution in [-0.4, -0.2) is 31.2 Å². The van der Waals surface area contributed by atoms with Crippen LogP contribution in [0.5, 0.6) is 0 Å². The lowest BCUT2D eigenvalue weighted by atomic mass is 10.1. The molecule has 0 radical (unpaired) electrons. The molecule has 6 nitrogen and oxygen atoms in total. The summed E-state index contributed by atoms with van der Waals surface area (Å²) in [5.41, 5.74) is 9.61. The number of benzene rings is 3. The van der Waals surface area contributed by atoms with Crippen LogP contribution in [0.1, 0.15) is 27.0 Å². The summed E-state index contributed by atoms with van der Waals surface area (Å²) in [6.07, 6.45) is 1.75. The van der Waals surface area contributed by atoms with Gasteiger partial charge in [0.2, 0.25) is 5.13 Å². The van der Waals surface area contributed by atoms with Gasteiger partial charge in [0, 0.05) is 30.9 Å². The van der Waals surface area contributed by atoms with Gasteiger partial charge in [0.05, 0.1) is 6.21 Å². The number of thiazole rings is 1. The molecule has 0 aliphatic carbocycles. The van der Waals surface area contributed by atoms with Crippen LogP contribution in [0, 0.1) is 13.8 Å². The molecule has 0 aliphatic heterocycles. The van der Waals surface area contributed by atoms with Crippen molar-refractivity contribution in [1.29, 1.82) is 0 Å². The molecule has 2 N–H and O–H groups in total. The average molecular weight is 470 g/mol. The summed E-state index contributed by atoms with van der Waals surface area (Å²) in [6.45, 7) is 4.03. The Kier molecular flexibility index (Phi) is 7.04. The molecule has 0 saturated carbocycles. The Hall–Kier alpha value is -3.97. The molecule has 7 heteroatoms. The van der Waals surface area contributed by atoms with Crippen molar-refractivity contribution in [3.8, 4) is 11.3 Å². The Morgan fingerprint density at radius 2 is 1.53 bits per heavy atom. The van der Waals surface area contributed by atoms with Crippen LogP contribution < -0.4 is 15.6 Å². The van der Waals surface area contributed by atoms with E-state index in [0.717, 1.165) is 27.9 Å². The van der Waals surface area contributed by atoms with Crippen molar-refractivity contribution in [2.24, 2.45) is 5.10 Å². The Bertz CT molecular complexity index is 1290. The molecule has 4 aromatic rings. The van der Waals surface area contributed by atoms with E-state index in [1.807, 2.05) is 106 Å². The smallest absolute Gasteiger partial charge is 0.256 e. The number of carbonyl (C=O) groups is 1. The number of hydrogen-bond acceptors (Lipinski definition) is 6. The van der Waals surface area contributed by atoms with Gasteiger partial charge < -0.3 is 10.2 Å². The van der Waals surface area contributed by atoms with Crippen LogP contribution in [0.25, 0.3) is 11.3 Å². The molecule has 3 aromatic carbocycles. The van der Waals surface area contributed by atoms with Crippen molar-refractivity contribution >= 4 is 39.3 Å². The fourth-order valence-corrected chi connectivity index (χ4v) is 4.09. The van der Waals surface area contributed by atoms with E-state index in [1.54, 1.807) is 6.21 Å². The minimum atomic E-state index is -0.173. The molecular formula is C27H27N5OS. The summed E-state index contributed by atoms with van der Waals surface area (Å²) in [5, 5.41) is 8.63. The standard InChI is InChI=1S/C27H27N5OS/c1-18-5-11-21(12-6-18)24-26(30-25(33)22-13-7-19(2)8-14-22)34-27(29-24)31-28-17-20-9-15-23(16-10-20)32(3)4/h5-17H,1-4H3,(H,29,31)(H,30,33)/b28-17-. The van der Waals surface area contributed by atoms with Crippen molar-refractivity contribution in [3.63, 3.8) is 0 Å². The number of amides is 1. The van der Waals surface area contributed by atoms with Crippen molar-refractivity contribution in [3.05, 3.63) is 95.1 Å². The molecule has 0 bridgehead atoms. The van der Waals surface area contributed by atoms with Gasteiger partial charge in [-0.25, -0.2) is 4.98 Å². The molecule has 1 aromatic heterocycles. The number of hydrogen-bond donors (Lipinski definition) is 2. The molecule has 0 spiro atoms. The molecule has 1 amide bonds. The summed E-state index contributed by atoms with van der Waals surface area (Å²) in [6, 6.07) is 23.7. The normalized spacial score (nSPS) is 10.9. The minimum absolute atomic E-state index is 0.173. The third kappa shape index (κ3) is 5.68. The molecule has 172 valence electrons. The summed E-state index contributed by atoms with van der Waals surface area (Å²) in [4.78, 5) is 19.6. The molecule has 1 heterocycles. The molecule has 0 aliphatic rings. The lowest BCUT2D eigenvalue weighted by Gasteiger charge is -2.11. The lowest BCUT2D eigenvalue weighted by Crippen LogP contribution is -2.11. The van der Waals surface area contributed by atoms with E-state index in [4.69, 9.17) is 4.98 Å². The summed E-state index contributed by atoms with van der Waals surface area (Å²) in [5.74, 6) is -0.173. The fraction of sp³-hybridized carbons (Fsp3) is 0.148. The van der Waals surface area contributed by atoms with Crippen LogP contribution in [0.15, 0.2) is 77.9 Å². The molecule has 0 fully saturated rings. The number of rotatable bonds is 7. The average Bonchev–Trinajstić information content (AvgIpc) is 3.22. The highest BCUT2D eigenvalue weighted by Gasteiger charge is 2.16. The minimum Gasteiger partial charge on any atom is -0.378 e. The van der Waals surface area contributed by atoms with Gasteiger partial charge in [-0.05, 0) is 43.7 Å². The third-order valence-corrected chi connectivity index (χ3v) is 6.15. The van der Waals surface area contributed by atoms with E-state index in [9.17, 15) is 4.79 Å². The molecule has 4 rings (SSSR count). The van der Waals surface area contributed by atoms with Gasteiger partial charge in [0.1, 0.15) is 10.7 Å². The van der Waals surface area contributed by atoms with Gasteiger partial charge >= 0.3 is 0 Å². The topological polar surface area (TPSA) is 69.6 Å². The highest BCUT2D eigenvalue weighted by atomic mass is 32.1. The summed E-state index contributed by atoms with van der Waals surface area (Å²) < 4.78 is 0. The number of carbonyl (C=O) groups excluding carboxylic acids is 1. The Morgan fingerprint density at radius 1 is 0.912 bits per heavy atom. The highest BCUT2D eigenvalue weighted by molar-refractivity contribution is 7.20. The van der Waals surface area contributed by atoms with Gasteiger partial charge in [-0.3, -0.25) is 10.2 Å². The Balaban J connectivity index is 1.56. The first-order valence-corrected chi connectivity index (χ1v) is 11.7. The van der Waals surface area contributed by atoms with E-state index < -0.39 is 0 Å². The summed E-state index contributed by atoms with van der Waals surface area (Å²) >= 11 is 1.35. The molecule has 0 saturated heterocycles. The van der Waals surface area contributed by atoms with E-state index in [2.05, 4.69) is 15.8 Å². The van der Waals surface area contributed by atoms with Crippen molar-refractivity contribution in [2.45, 2.75) is 13.8 Å². The first-order valence-electron chi connectivity index (χ1n) is 10.9. The Morgan fingerprint density at radius 3 is 2.15 bits per heavy atom. The quantitative estimate of drug-likeness (QED) is 0.250. The van der Waals surface area contributed by atoms with E-state index in [-0.39, 0.29) is 5.91 Å². The van der Waals surface area contributed by atoms with Crippen molar-refractivity contribution < 1.29 is 4.79 Å². The predicted octanol–water partition coefficient (Wildman–Crippen LogP) is 6.19. The lowest BCUT2D eigenvalue weighted by molar-refractivity contribution is 0.102. The van der Waals surface area contributed by atoms with Crippen LogP contribution >= 0.6 is 11.3 Å². The second kappa shape index (κ2) is 10.3. The van der Waals surface area contributed by atoms with Crippen molar-refractivity contribution in [2.75, 3.05) is 29.7 Å². The zero-order valence-corrected chi connectivity index (χ0v) is 20.5. The maximum absolute atomic E-state index is 12.9. The fourth-order valence-electron chi connectivity index (χ4n) is 3.26. The zero-order chi connectivity index (χ0) is 24.1. The zero-order valence-electron chi connectivity index (χ0n) is 19.7. The monoisotopic (exact) mass is 469 g/mol. The number of aryl methyl sites for hydroxylation is 2. The van der Waals surface area contributed by atoms with Crippen LogP contribution in [0.3, 0.4) is 0 Å². The molecule has 0 unspecified atom stereocenters. The molecular weight excluding hydrogens is 442 g/mol. The summed E-state index contributed by atoms with van der Waals surface area (Å²) in [7, 11) is 4.02. The number of nitrogens with one attached hydrogen (secondary N) is 2. The number of aromatic nitrogens is 1. The largest absolute Gasteiger partial charge is 0.378 e. The molecule has 34 heavy (non-hydrogen) atoms. The van der Waals surface area contributed by atoms with E-state index in [1.165, 1.54) is 11.3 Å². The number of nitrogens with zero attached hydrogens (tertiary/aromatic N) is 3. The van der Waals surface area contributed by atoms with Crippen LogP contribution in [-0.2, 0) is 0 Å². The van der Waals surface area contributed by atoms with Gasteiger partial charge in [0.25, 0.3) is 5.91 Å². The van der Waals surface area contributed by atoms with E-state index in [0.29, 0.717) is 21.4 Å². The Labute approximate surface area is 204 Å². The second-order valence-electron chi connectivity index (χ2n) is 8.24. The molecule has 0 atom stereocenters. The highest BCUT2D eigenvalue weighted by Crippen LogP contribution is 2.36. The van der Waals surface area contributed by atoms with Crippen LogP contribution in [0.2, 0.25) is 0 Å². The first kappa shape index (κ1) is 23.2. The van der Waals surface area contributed by atoms with Gasteiger partial charge in [0.15, 0.2) is 0 Å². The SMILES string of the molecule is Cc1ccc(C(=O)Nc2sc(N/N=C\c3ccc(N(C)C)cc3)nc2-c2ccc(C)cc2)cc1. The van der Waals surface area contributed by atoms with Gasteiger partial charge in [-0.15, -0.1) is 0 Å². The number of hydrazone groups is 1. The third-order valence-electron chi connectivity index (χ3n) is 5.28. The first-order chi connectivity index (χ1) is 16.4. The maximum Gasteiger partial charge on any atom is 0.256 e. The van der Waals surface area contributed by atoms with Gasteiger partial charge in [-0.2, -0.15) is 5.10 Å². The van der Waals surface area contributed by atoms with Gasteiger partial charge in [-0.1, -0.05) is 71.0 Å².